The number of carbonyl (C=O) groups is 2. The Labute approximate surface area is 198 Å². The molecule has 0 saturated heterocycles. The summed E-state index contributed by atoms with van der Waals surface area (Å²) >= 11 is 0. The van der Waals surface area contributed by atoms with Crippen LogP contribution in [-0.2, 0) is 25.2 Å². The molecule has 9 nitrogen and oxygen atoms in total. The number of alkyl halides is 5. The summed E-state index contributed by atoms with van der Waals surface area (Å²) in [7, 11) is -4.20. The molecule has 1 aliphatic carbocycles. The molecule has 1 aromatic rings. The number of sulfone groups is 1. The van der Waals surface area contributed by atoms with Crippen LogP contribution in [0.3, 0.4) is 0 Å². The fourth-order valence-electron chi connectivity index (χ4n) is 3.01. The van der Waals surface area contributed by atoms with E-state index in [2.05, 4.69) is 15.6 Å². The number of rotatable bonds is 13. The zero-order chi connectivity index (χ0) is 26.4. The molecule has 0 radical (unpaired) electrons. The lowest BCUT2D eigenvalue weighted by Crippen LogP contribution is -2.58. The summed E-state index contributed by atoms with van der Waals surface area (Å²) in [5.74, 6) is -9.07. The van der Waals surface area contributed by atoms with Gasteiger partial charge in [-0.2, -0.15) is 22.0 Å². The van der Waals surface area contributed by atoms with Gasteiger partial charge in [-0.25, -0.2) is 8.42 Å². The Bertz CT molecular complexity index is 974. The van der Waals surface area contributed by atoms with E-state index in [1.165, 1.54) is 31.5 Å². The number of hydrogen-bond donors (Lipinski definition) is 4. The first-order chi connectivity index (χ1) is 16.1. The van der Waals surface area contributed by atoms with Crippen molar-refractivity contribution >= 4 is 21.7 Å². The number of hydrogen-bond acceptors (Lipinski definition) is 7. The Balaban J connectivity index is 2.17. The van der Waals surface area contributed by atoms with Crippen LogP contribution in [0.5, 0.6) is 0 Å². The van der Waals surface area contributed by atoms with Crippen LogP contribution in [0.15, 0.2) is 24.5 Å². The third-order valence-corrected chi connectivity index (χ3v) is 6.79. The Kier molecular flexibility index (Phi) is 9.53. The van der Waals surface area contributed by atoms with E-state index < -0.39 is 70.0 Å². The number of pyridine rings is 1. The maximum Gasteiger partial charge on any atom is 0.454 e. The highest BCUT2D eigenvalue weighted by Gasteiger charge is 2.57. The lowest BCUT2D eigenvalue weighted by molar-refractivity contribution is -0.279. The van der Waals surface area contributed by atoms with Crippen molar-refractivity contribution in [2.45, 2.75) is 68.3 Å². The van der Waals surface area contributed by atoms with E-state index in [0.717, 1.165) is 12.8 Å². The molecule has 1 aromatic heterocycles. The van der Waals surface area contributed by atoms with E-state index in [1.54, 1.807) is 5.32 Å². The van der Waals surface area contributed by atoms with Crippen molar-refractivity contribution in [3.05, 3.63) is 30.1 Å². The van der Waals surface area contributed by atoms with Crippen LogP contribution in [0.2, 0.25) is 0 Å². The third-order valence-electron chi connectivity index (χ3n) is 5.17. The summed E-state index contributed by atoms with van der Waals surface area (Å²) in [6, 6.07) is -0.529. The second-order valence-corrected chi connectivity index (χ2v) is 10.4. The van der Waals surface area contributed by atoms with Gasteiger partial charge >= 0.3 is 12.1 Å². The van der Waals surface area contributed by atoms with Crippen molar-refractivity contribution < 1.29 is 45.1 Å². The van der Waals surface area contributed by atoms with Crippen molar-refractivity contribution in [1.29, 1.82) is 0 Å². The lowest BCUT2D eigenvalue weighted by atomic mass is 10.1. The van der Waals surface area contributed by atoms with Gasteiger partial charge in [-0.3, -0.25) is 19.9 Å². The molecule has 0 bridgehead atoms. The van der Waals surface area contributed by atoms with E-state index in [1.807, 2.05) is 0 Å². The van der Waals surface area contributed by atoms with Crippen molar-refractivity contribution in [1.82, 2.24) is 20.9 Å². The van der Waals surface area contributed by atoms with Gasteiger partial charge in [0, 0.05) is 18.4 Å². The highest BCUT2D eigenvalue weighted by atomic mass is 32.2. The molecular weight excluding hydrogens is 503 g/mol. The standard InChI is InChI=1S/C20H27F5N4O5S/c1-2-14(16(30)18(32)28-13-5-6-13)29-17(31)15(27-11-19(21,22)20(23,24)25)10-35(33,34)9-12-4-3-7-26-8-12/h3-4,7-8,13-16,27,30H,2,5-6,9-11H2,1H3,(H,28,32)(H,29,31)/t14?,15-,16?/m1/s1. The van der Waals surface area contributed by atoms with Gasteiger partial charge in [0.05, 0.1) is 24.1 Å². The van der Waals surface area contributed by atoms with Crippen molar-refractivity contribution in [3.63, 3.8) is 0 Å². The van der Waals surface area contributed by atoms with Crippen LogP contribution in [0.4, 0.5) is 22.0 Å². The van der Waals surface area contributed by atoms with Crippen LogP contribution in [0.25, 0.3) is 0 Å². The summed E-state index contributed by atoms with van der Waals surface area (Å²) in [6.07, 6.45) is -3.65. The van der Waals surface area contributed by atoms with Gasteiger partial charge in [-0.15, -0.1) is 0 Å². The molecule has 1 fully saturated rings. The van der Waals surface area contributed by atoms with E-state index in [0.29, 0.717) is 0 Å². The fraction of sp³-hybridized carbons (Fsp3) is 0.650. The lowest BCUT2D eigenvalue weighted by Gasteiger charge is -2.27. The maximum atomic E-state index is 13.5. The first kappa shape index (κ1) is 28.8. The molecule has 1 aliphatic rings. The molecule has 35 heavy (non-hydrogen) atoms. The number of carbonyl (C=O) groups excluding carboxylic acids is 2. The second kappa shape index (κ2) is 11.6. The predicted molar refractivity (Wildman–Crippen MR) is 114 cm³/mol. The van der Waals surface area contributed by atoms with Crippen LogP contribution >= 0.6 is 0 Å². The molecule has 3 atom stereocenters. The largest absolute Gasteiger partial charge is 0.454 e. The van der Waals surface area contributed by atoms with E-state index in [-0.39, 0.29) is 18.0 Å². The fourth-order valence-corrected chi connectivity index (χ4v) is 4.59. The highest BCUT2D eigenvalue weighted by molar-refractivity contribution is 7.90. The smallest absolute Gasteiger partial charge is 0.381 e. The molecular formula is C20H27F5N4O5S. The van der Waals surface area contributed by atoms with Gasteiger partial charge in [-0.1, -0.05) is 13.0 Å². The van der Waals surface area contributed by atoms with Crippen molar-refractivity contribution in [3.8, 4) is 0 Å². The zero-order valence-corrected chi connectivity index (χ0v) is 19.5. The van der Waals surface area contributed by atoms with Gasteiger partial charge in [0.2, 0.25) is 5.91 Å². The maximum absolute atomic E-state index is 13.5. The Morgan fingerprint density at radius 3 is 2.37 bits per heavy atom. The number of nitrogens with one attached hydrogen (secondary N) is 3. The molecule has 2 amide bonds. The number of aliphatic hydroxyl groups excluding tert-OH is 1. The van der Waals surface area contributed by atoms with Crippen molar-refractivity contribution in [2.24, 2.45) is 0 Å². The minimum atomic E-state index is -5.93. The van der Waals surface area contributed by atoms with E-state index in [9.17, 15) is 45.1 Å². The third kappa shape index (κ3) is 8.96. The minimum Gasteiger partial charge on any atom is -0.381 e. The first-order valence-corrected chi connectivity index (χ1v) is 12.5. The Morgan fingerprint density at radius 1 is 1.20 bits per heavy atom. The average Bonchev–Trinajstić information content (AvgIpc) is 3.57. The Hall–Kier alpha value is -2.39. The summed E-state index contributed by atoms with van der Waals surface area (Å²) in [5.41, 5.74) is 0.214. The number of halogens is 5. The second-order valence-electron chi connectivity index (χ2n) is 8.30. The van der Waals surface area contributed by atoms with E-state index >= 15 is 0 Å². The van der Waals surface area contributed by atoms with Crippen molar-refractivity contribution in [2.75, 3.05) is 12.3 Å². The van der Waals surface area contributed by atoms with Gasteiger partial charge in [0.15, 0.2) is 15.9 Å². The van der Waals surface area contributed by atoms with Crippen LogP contribution in [0.1, 0.15) is 31.7 Å². The molecule has 0 aromatic carbocycles. The van der Waals surface area contributed by atoms with Gasteiger partial charge in [0.1, 0.15) is 6.04 Å². The summed E-state index contributed by atoms with van der Waals surface area (Å²) in [5, 5.41) is 16.6. The van der Waals surface area contributed by atoms with Gasteiger partial charge in [0.25, 0.3) is 5.91 Å². The monoisotopic (exact) mass is 530 g/mol. The molecule has 1 heterocycles. The number of nitrogens with zero attached hydrogens (tertiary/aromatic N) is 1. The minimum absolute atomic E-state index is 0.0150. The summed E-state index contributed by atoms with van der Waals surface area (Å²) < 4.78 is 89.8. The average molecular weight is 531 g/mol. The molecule has 2 rings (SSSR count). The molecule has 4 N–H and O–H groups in total. The number of aromatic nitrogens is 1. The summed E-state index contributed by atoms with van der Waals surface area (Å²) in [4.78, 5) is 28.6. The molecule has 0 spiro atoms. The van der Waals surface area contributed by atoms with Crippen LogP contribution in [-0.4, -0.2) is 78.9 Å². The number of amides is 2. The SMILES string of the molecule is CCC(NC(=O)[C@@H](CS(=O)(=O)Cc1cccnc1)NCC(F)(F)C(F)(F)F)C(O)C(=O)NC1CC1. The van der Waals surface area contributed by atoms with E-state index in [4.69, 9.17) is 0 Å². The quantitative estimate of drug-likeness (QED) is 0.276. The topological polar surface area (TPSA) is 137 Å². The predicted octanol–water partition coefficient (Wildman–Crippen LogP) is 0.687. The first-order valence-electron chi connectivity index (χ1n) is 10.7. The molecule has 198 valence electrons. The summed E-state index contributed by atoms with van der Waals surface area (Å²) in [6.45, 7) is -0.573. The normalized spacial score (nSPS) is 17.3. The van der Waals surface area contributed by atoms with Gasteiger partial charge < -0.3 is 15.7 Å². The zero-order valence-electron chi connectivity index (χ0n) is 18.7. The molecule has 0 aliphatic heterocycles. The number of aliphatic hydroxyl groups is 1. The van der Waals surface area contributed by atoms with Crippen LogP contribution < -0.4 is 16.0 Å². The molecule has 2 unspecified atom stereocenters. The molecule has 1 saturated carbocycles. The highest BCUT2D eigenvalue weighted by Crippen LogP contribution is 2.34. The van der Waals surface area contributed by atoms with Gasteiger partial charge in [-0.05, 0) is 30.9 Å². The molecule has 15 heteroatoms. The Morgan fingerprint density at radius 2 is 1.86 bits per heavy atom. The van der Waals surface area contributed by atoms with Crippen LogP contribution in [0, 0.1) is 0 Å².